The minimum atomic E-state index is -4.39. The Kier molecular flexibility index (Phi) is 47.7. The maximum absolute atomic E-state index is 12.8. The molecule has 2 atom stereocenters. The Morgan fingerprint density at radius 1 is 0.464 bits per heavy atom. The van der Waals surface area contributed by atoms with Crippen molar-refractivity contribution in [2.75, 3.05) is 47.5 Å². The largest absolute Gasteiger partial charge is 0.472 e. The van der Waals surface area contributed by atoms with Gasteiger partial charge in [-0.1, -0.05) is 201 Å². The van der Waals surface area contributed by atoms with Gasteiger partial charge in [-0.05, 0) is 96.3 Å². The molecule has 1 N–H and O–H groups in total. The Labute approximate surface area is 423 Å². The number of hydrogen-bond donors (Lipinski definition) is 1. The monoisotopic (exact) mass is 985 g/mol. The fourth-order valence-corrected chi connectivity index (χ4v) is 7.85. The summed E-state index contributed by atoms with van der Waals surface area (Å²) in [6, 6.07) is 0. The van der Waals surface area contributed by atoms with Crippen LogP contribution in [0.2, 0.25) is 0 Å². The van der Waals surface area contributed by atoms with Crippen LogP contribution in [0.1, 0.15) is 213 Å². The van der Waals surface area contributed by atoms with Crippen LogP contribution in [0.4, 0.5) is 0 Å². The number of esters is 2. The third-order valence-electron chi connectivity index (χ3n) is 11.3. The molecule has 0 aliphatic heterocycles. The molecule has 0 rings (SSSR count). The van der Waals surface area contributed by atoms with Gasteiger partial charge in [0.1, 0.15) is 19.8 Å². The maximum Gasteiger partial charge on any atom is 0.472 e. The number of rotatable bonds is 49. The van der Waals surface area contributed by atoms with E-state index in [0.29, 0.717) is 17.4 Å². The zero-order valence-corrected chi connectivity index (χ0v) is 45.7. The second-order valence-corrected chi connectivity index (χ2v) is 20.7. The number of phosphoric acid groups is 1. The Morgan fingerprint density at radius 2 is 0.826 bits per heavy atom. The average molecular weight is 985 g/mol. The van der Waals surface area contributed by atoms with Crippen molar-refractivity contribution in [3.8, 4) is 0 Å². The second-order valence-electron chi connectivity index (χ2n) is 19.2. The quantitative estimate of drug-likeness (QED) is 0.0211. The van der Waals surface area contributed by atoms with E-state index in [0.717, 1.165) is 109 Å². The lowest BCUT2D eigenvalue weighted by Gasteiger charge is -2.24. The van der Waals surface area contributed by atoms with Crippen LogP contribution in [0.15, 0.2) is 97.2 Å². The van der Waals surface area contributed by atoms with E-state index in [-0.39, 0.29) is 32.0 Å². The molecule has 69 heavy (non-hydrogen) atoms. The molecule has 0 bridgehead atoms. The molecule has 0 aromatic heterocycles. The van der Waals surface area contributed by atoms with Gasteiger partial charge in [-0.25, -0.2) is 4.57 Å². The van der Waals surface area contributed by atoms with Gasteiger partial charge in [-0.2, -0.15) is 0 Å². The highest BCUT2D eigenvalue weighted by Crippen LogP contribution is 2.43. The summed E-state index contributed by atoms with van der Waals surface area (Å²) in [6.07, 6.45) is 67.5. The van der Waals surface area contributed by atoms with Crippen LogP contribution >= 0.6 is 7.82 Å². The lowest BCUT2D eigenvalue weighted by atomic mass is 10.1. The molecule has 0 radical (unpaired) electrons. The predicted molar refractivity (Wildman–Crippen MR) is 293 cm³/mol. The Bertz CT molecular complexity index is 1490. The second kappa shape index (κ2) is 49.9. The first-order chi connectivity index (χ1) is 33.5. The number of unbranched alkanes of at least 4 members (excludes halogenated alkanes) is 19. The third kappa shape index (κ3) is 54.1. The van der Waals surface area contributed by atoms with E-state index in [2.05, 4.69) is 111 Å². The first kappa shape index (κ1) is 65.9. The average Bonchev–Trinajstić information content (AvgIpc) is 3.31. The van der Waals surface area contributed by atoms with Crippen molar-refractivity contribution in [2.45, 2.75) is 219 Å². The third-order valence-corrected chi connectivity index (χ3v) is 12.3. The van der Waals surface area contributed by atoms with Gasteiger partial charge in [0.2, 0.25) is 0 Å². The molecule has 0 fully saturated rings. The highest BCUT2D eigenvalue weighted by atomic mass is 31.2. The van der Waals surface area contributed by atoms with Crippen LogP contribution in [-0.2, 0) is 32.7 Å². The molecule has 0 aliphatic carbocycles. The number of quaternary nitrogens is 1. The number of carbonyl (C=O) groups excluding carboxylic acids is 2. The molecule has 0 saturated heterocycles. The normalized spacial score (nSPS) is 14.1. The number of hydrogen-bond acceptors (Lipinski definition) is 7. The molecule has 0 amide bonds. The molecule has 10 heteroatoms. The summed E-state index contributed by atoms with van der Waals surface area (Å²) in [5, 5.41) is 0. The van der Waals surface area contributed by atoms with E-state index in [9.17, 15) is 19.0 Å². The number of carbonyl (C=O) groups is 2. The molecular formula is C59H103NO8P+. The molecule has 9 nitrogen and oxygen atoms in total. The van der Waals surface area contributed by atoms with Gasteiger partial charge in [-0.15, -0.1) is 0 Å². The smallest absolute Gasteiger partial charge is 0.462 e. The molecule has 0 saturated carbocycles. The zero-order valence-electron chi connectivity index (χ0n) is 44.8. The molecule has 2 unspecified atom stereocenters. The van der Waals surface area contributed by atoms with E-state index < -0.39 is 26.5 Å². The molecule has 0 spiro atoms. The van der Waals surface area contributed by atoms with E-state index in [4.69, 9.17) is 18.5 Å². The van der Waals surface area contributed by atoms with Crippen molar-refractivity contribution in [2.24, 2.45) is 0 Å². The zero-order chi connectivity index (χ0) is 50.6. The van der Waals surface area contributed by atoms with Crippen molar-refractivity contribution in [1.82, 2.24) is 0 Å². The number of likely N-dealkylation sites (N-methyl/N-ethyl adjacent to an activating group) is 1. The van der Waals surface area contributed by atoms with Crippen molar-refractivity contribution >= 4 is 19.8 Å². The first-order valence-electron chi connectivity index (χ1n) is 27.5. The molecule has 0 aliphatic rings. The lowest BCUT2D eigenvalue weighted by Crippen LogP contribution is -2.37. The van der Waals surface area contributed by atoms with Crippen molar-refractivity contribution < 1.29 is 42.1 Å². The van der Waals surface area contributed by atoms with E-state index >= 15 is 0 Å². The number of phosphoric ester groups is 1. The summed E-state index contributed by atoms with van der Waals surface area (Å²) in [5.41, 5.74) is 0. The van der Waals surface area contributed by atoms with Crippen LogP contribution in [0.3, 0.4) is 0 Å². The Balaban J connectivity index is 4.19. The first-order valence-corrected chi connectivity index (χ1v) is 29.0. The topological polar surface area (TPSA) is 108 Å². The summed E-state index contributed by atoms with van der Waals surface area (Å²) in [6.45, 7) is 4.28. The molecule has 0 aromatic carbocycles. The standard InChI is InChI=1S/C59H102NO8P/c1-6-8-10-12-14-16-18-20-22-23-24-25-26-27-28-29-30-31-32-33-34-35-36-37-38-40-42-44-46-48-50-52-59(62)68-57(56-67-69(63,64)66-54-53-60(3,4)5)55-65-58(61)51-49-47-45-43-41-39-21-19-17-15-13-11-9-7-2/h8,10,14,16,19-22,24-25,27-28,30-31,33-34,57H,6-7,9,11-13,15,17-18,23,26,29,32,35-56H2,1-5H3/p+1/b10-8-,16-14-,21-19-,22-20-,25-24-,28-27-,31-30-,34-33-. The maximum atomic E-state index is 12.8. The fourth-order valence-electron chi connectivity index (χ4n) is 7.11. The van der Waals surface area contributed by atoms with Crippen molar-refractivity contribution in [3.63, 3.8) is 0 Å². The summed E-state index contributed by atoms with van der Waals surface area (Å²) >= 11 is 0. The van der Waals surface area contributed by atoms with Gasteiger partial charge >= 0.3 is 19.8 Å². The summed E-state index contributed by atoms with van der Waals surface area (Å²) in [5.74, 6) is -0.819. The van der Waals surface area contributed by atoms with Gasteiger partial charge in [0, 0.05) is 12.8 Å². The summed E-state index contributed by atoms with van der Waals surface area (Å²) in [4.78, 5) is 35.6. The number of ether oxygens (including phenoxy) is 2. The predicted octanol–water partition coefficient (Wildman–Crippen LogP) is 16.9. The molecular weight excluding hydrogens is 882 g/mol. The highest BCUT2D eigenvalue weighted by molar-refractivity contribution is 7.47. The lowest BCUT2D eigenvalue weighted by molar-refractivity contribution is -0.870. The van der Waals surface area contributed by atoms with Crippen LogP contribution in [0, 0.1) is 0 Å². The van der Waals surface area contributed by atoms with E-state index in [1.807, 2.05) is 21.1 Å². The van der Waals surface area contributed by atoms with Gasteiger partial charge in [-0.3, -0.25) is 18.6 Å². The van der Waals surface area contributed by atoms with Gasteiger partial charge in [0.25, 0.3) is 0 Å². The Morgan fingerprint density at radius 3 is 1.25 bits per heavy atom. The number of nitrogens with zero attached hydrogens (tertiary/aromatic N) is 1. The van der Waals surface area contributed by atoms with Crippen molar-refractivity contribution in [1.29, 1.82) is 0 Å². The molecule has 396 valence electrons. The van der Waals surface area contributed by atoms with Crippen LogP contribution in [0.5, 0.6) is 0 Å². The van der Waals surface area contributed by atoms with Crippen LogP contribution in [-0.4, -0.2) is 74.9 Å². The minimum absolute atomic E-state index is 0.0249. The Hall–Kier alpha value is -3.07. The molecule has 0 heterocycles. The summed E-state index contributed by atoms with van der Waals surface area (Å²) in [7, 11) is 1.46. The van der Waals surface area contributed by atoms with Gasteiger partial charge < -0.3 is 18.9 Å². The fraction of sp³-hybridized carbons (Fsp3) is 0.695. The SMILES string of the molecule is CC/C=C\C/C=C\C/C=C\C/C=C\C/C=C\C/C=C\C/C=C\CCCCCCCCCCCC(=O)OC(COC(=O)CCCCCCC/C=C\CCCCCCC)COP(=O)(O)OCC[N+](C)(C)C. The van der Waals surface area contributed by atoms with Crippen LogP contribution in [0.25, 0.3) is 0 Å². The minimum Gasteiger partial charge on any atom is -0.462 e. The summed E-state index contributed by atoms with van der Waals surface area (Å²) < 4.78 is 34.5. The van der Waals surface area contributed by atoms with Gasteiger partial charge in [0.15, 0.2) is 6.10 Å². The number of allylic oxidation sites excluding steroid dienone is 16. The van der Waals surface area contributed by atoms with Gasteiger partial charge in [0.05, 0.1) is 27.7 Å². The molecule has 0 aromatic rings. The highest BCUT2D eigenvalue weighted by Gasteiger charge is 2.27. The van der Waals surface area contributed by atoms with Crippen molar-refractivity contribution in [3.05, 3.63) is 97.2 Å². The van der Waals surface area contributed by atoms with E-state index in [1.165, 1.54) is 70.6 Å². The van der Waals surface area contributed by atoms with Crippen LogP contribution < -0.4 is 0 Å². The van der Waals surface area contributed by atoms with E-state index in [1.54, 1.807) is 0 Å².